The fourth-order valence-corrected chi connectivity index (χ4v) is 2.25. The predicted molar refractivity (Wildman–Crippen MR) is 72.2 cm³/mol. The molecule has 0 saturated carbocycles. The van der Waals surface area contributed by atoms with Crippen molar-refractivity contribution in [3.63, 3.8) is 0 Å². The van der Waals surface area contributed by atoms with Crippen molar-refractivity contribution in [1.82, 2.24) is 4.90 Å². The van der Waals surface area contributed by atoms with Crippen LogP contribution in [-0.4, -0.2) is 42.4 Å². The van der Waals surface area contributed by atoms with Crippen LogP contribution >= 0.6 is 0 Å². The van der Waals surface area contributed by atoms with Crippen molar-refractivity contribution in [2.24, 2.45) is 11.7 Å². The molecule has 21 heavy (non-hydrogen) atoms. The largest absolute Gasteiger partial charge is 0.454 e. The number of piperidine rings is 1. The molecule has 0 bridgehead atoms. The number of primary amides is 1. The molecule has 0 aromatic carbocycles. The summed E-state index contributed by atoms with van der Waals surface area (Å²) in [6.45, 7) is 2.28. The van der Waals surface area contributed by atoms with Crippen LogP contribution in [-0.2, 0) is 14.3 Å². The molecule has 1 aromatic rings. The number of hydrogen-bond acceptors (Lipinski definition) is 5. The number of esters is 1. The van der Waals surface area contributed by atoms with Gasteiger partial charge < -0.3 is 19.8 Å². The fraction of sp³-hybridized carbons (Fsp3) is 0.500. The number of aryl methyl sites for hydroxylation is 1. The van der Waals surface area contributed by atoms with Crippen molar-refractivity contribution in [2.75, 3.05) is 19.7 Å². The minimum atomic E-state index is -0.663. The topological polar surface area (TPSA) is 103 Å². The molecule has 1 aliphatic rings. The van der Waals surface area contributed by atoms with E-state index in [9.17, 15) is 14.4 Å². The predicted octanol–water partition coefficient (Wildman–Crippen LogP) is 0.469. The van der Waals surface area contributed by atoms with Crippen LogP contribution in [0.3, 0.4) is 0 Å². The van der Waals surface area contributed by atoms with Crippen LogP contribution in [0.25, 0.3) is 0 Å². The van der Waals surface area contributed by atoms with E-state index in [-0.39, 0.29) is 30.1 Å². The second-order valence-electron chi connectivity index (χ2n) is 5.04. The Morgan fingerprint density at radius 3 is 2.52 bits per heavy atom. The first kappa shape index (κ1) is 15.1. The summed E-state index contributed by atoms with van der Waals surface area (Å²) >= 11 is 0. The first-order valence-corrected chi connectivity index (χ1v) is 6.78. The highest BCUT2D eigenvalue weighted by Gasteiger charge is 2.26. The molecule has 0 radical (unpaired) electrons. The third-order valence-electron chi connectivity index (χ3n) is 3.52. The van der Waals surface area contributed by atoms with Crippen molar-refractivity contribution in [3.8, 4) is 0 Å². The van der Waals surface area contributed by atoms with Crippen LogP contribution in [0.1, 0.15) is 29.2 Å². The van der Waals surface area contributed by atoms with E-state index < -0.39 is 5.97 Å². The summed E-state index contributed by atoms with van der Waals surface area (Å²) in [5.41, 5.74) is 5.23. The molecular formula is C14H18N2O5. The monoisotopic (exact) mass is 294 g/mol. The average Bonchev–Trinajstić information content (AvgIpc) is 2.91. The number of carbonyl (C=O) groups excluding carboxylic acids is 3. The normalized spacial score (nSPS) is 15.8. The third kappa shape index (κ3) is 3.84. The number of ether oxygens (including phenoxy) is 1. The molecule has 7 nitrogen and oxygen atoms in total. The summed E-state index contributed by atoms with van der Waals surface area (Å²) in [5, 5.41) is 0. The Bertz CT molecular complexity index is 543. The molecule has 7 heteroatoms. The maximum absolute atomic E-state index is 11.9. The molecule has 2 rings (SSSR count). The van der Waals surface area contributed by atoms with Gasteiger partial charge in [0.1, 0.15) is 5.76 Å². The second-order valence-corrected chi connectivity index (χ2v) is 5.04. The summed E-state index contributed by atoms with van der Waals surface area (Å²) in [7, 11) is 0. The van der Waals surface area contributed by atoms with Crippen molar-refractivity contribution in [3.05, 3.63) is 23.7 Å². The van der Waals surface area contributed by atoms with Gasteiger partial charge in [0.15, 0.2) is 6.61 Å². The summed E-state index contributed by atoms with van der Waals surface area (Å²) < 4.78 is 10.0. The van der Waals surface area contributed by atoms with Crippen LogP contribution in [0.5, 0.6) is 0 Å². The minimum absolute atomic E-state index is 0.0766. The number of amides is 2. The first-order valence-electron chi connectivity index (χ1n) is 6.78. The van der Waals surface area contributed by atoms with E-state index in [0.29, 0.717) is 31.7 Å². The van der Waals surface area contributed by atoms with Gasteiger partial charge in [-0.1, -0.05) is 0 Å². The molecule has 1 aliphatic heterocycles. The lowest BCUT2D eigenvalue weighted by Crippen LogP contribution is -2.43. The van der Waals surface area contributed by atoms with Gasteiger partial charge in [-0.25, -0.2) is 4.79 Å². The van der Waals surface area contributed by atoms with E-state index in [2.05, 4.69) is 0 Å². The van der Waals surface area contributed by atoms with E-state index in [1.807, 2.05) is 0 Å². The number of nitrogens with two attached hydrogens (primary N) is 1. The van der Waals surface area contributed by atoms with Crippen LogP contribution in [0, 0.1) is 12.8 Å². The van der Waals surface area contributed by atoms with Gasteiger partial charge in [0, 0.05) is 19.0 Å². The van der Waals surface area contributed by atoms with E-state index in [4.69, 9.17) is 14.9 Å². The number of hydrogen-bond donors (Lipinski definition) is 1. The summed E-state index contributed by atoms with van der Waals surface area (Å²) in [4.78, 5) is 36.2. The Morgan fingerprint density at radius 2 is 2.00 bits per heavy atom. The van der Waals surface area contributed by atoms with Crippen LogP contribution in [0.15, 0.2) is 16.5 Å². The van der Waals surface area contributed by atoms with Gasteiger partial charge in [0.05, 0.1) is 0 Å². The highest BCUT2D eigenvalue weighted by Crippen LogP contribution is 2.16. The molecule has 0 atom stereocenters. The maximum atomic E-state index is 11.9. The lowest BCUT2D eigenvalue weighted by atomic mass is 9.96. The van der Waals surface area contributed by atoms with Crippen LogP contribution < -0.4 is 5.73 Å². The standard InChI is InChI=1S/C14H18N2O5/c1-9-2-3-11(21-9)14(19)20-8-12(17)16-6-4-10(5-7-16)13(15)18/h2-3,10H,4-8H2,1H3,(H2,15,18). The molecule has 0 spiro atoms. The number of likely N-dealkylation sites (tertiary alicyclic amines) is 1. The molecule has 2 N–H and O–H groups in total. The van der Waals surface area contributed by atoms with Crippen LogP contribution in [0.4, 0.5) is 0 Å². The molecule has 114 valence electrons. The number of carbonyl (C=O) groups is 3. The highest BCUT2D eigenvalue weighted by molar-refractivity contribution is 5.89. The Morgan fingerprint density at radius 1 is 1.33 bits per heavy atom. The van der Waals surface area contributed by atoms with Gasteiger partial charge in [-0.15, -0.1) is 0 Å². The zero-order valence-electron chi connectivity index (χ0n) is 11.8. The lowest BCUT2D eigenvalue weighted by molar-refractivity contribution is -0.137. The Kier molecular flexibility index (Phi) is 4.62. The molecule has 1 fully saturated rings. The van der Waals surface area contributed by atoms with Crippen molar-refractivity contribution >= 4 is 17.8 Å². The van der Waals surface area contributed by atoms with Gasteiger partial charge in [-0.2, -0.15) is 0 Å². The SMILES string of the molecule is Cc1ccc(C(=O)OCC(=O)N2CCC(C(N)=O)CC2)o1. The first-order chi connectivity index (χ1) is 9.97. The number of nitrogens with zero attached hydrogens (tertiary/aromatic N) is 1. The smallest absolute Gasteiger partial charge is 0.374 e. The molecular weight excluding hydrogens is 276 g/mol. The van der Waals surface area contributed by atoms with E-state index in [1.165, 1.54) is 6.07 Å². The highest BCUT2D eigenvalue weighted by atomic mass is 16.5. The molecule has 2 heterocycles. The maximum Gasteiger partial charge on any atom is 0.374 e. The van der Waals surface area contributed by atoms with E-state index in [1.54, 1.807) is 17.9 Å². The van der Waals surface area contributed by atoms with Gasteiger partial charge in [-0.3, -0.25) is 9.59 Å². The average molecular weight is 294 g/mol. The summed E-state index contributed by atoms with van der Waals surface area (Å²) in [6.07, 6.45) is 1.10. The van der Waals surface area contributed by atoms with Crippen molar-refractivity contribution in [2.45, 2.75) is 19.8 Å². The number of rotatable bonds is 4. The Hall–Kier alpha value is -2.31. The van der Waals surface area contributed by atoms with Crippen molar-refractivity contribution in [1.29, 1.82) is 0 Å². The molecule has 1 aromatic heterocycles. The molecule has 1 saturated heterocycles. The molecule has 2 amide bonds. The van der Waals surface area contributed by atoms with Gasteiger partial charge in [0.2, 0.25) is 11.7 Å². The third-order valence-corrected chi connectivity index (χ3v) is 3.52. The second kappa shape index (κ2) is 6.43. The summed E-state index contributed by atoms with van der Waals surface area (Å²) in [6, 6.07) is 3.15. The summed E-state index contributed by atoms with van der Waals surface area (Å²) in [5.74, 6) is -0.781. The minimum Gasteiger partial charge on any atom is -0.454 e. The van der Waals surface area contributed by atoms with Gasteiger partial charge >= 0.3 is 5.97 Å². The molecule has 0 unspecified atom stereocenters. The van der Waals surface area contributed by atoms with Crippen molar-refractivity contribution < 1.29 is 23.5 Å². The van der Waals surface area contributed by atoms with Crippen LogP contribution in [0.2, 0.25) is 0 Å². The molecule has 0 aliphatic carbocycles. The van der Waals surface area contributed by atoms with E-state index in [0.717, 1.165) is 0 Å². The fourth-order valence-electron chi connectivity index (χ4n) is 2.25. The Labute approximate surface area is 122 Å². The lowest BCUT2D eigenvalue weighted by Gasteiger charge is -2.30. The Balaban J connectivity index is 1.78. The zero-order valence-corrected chi connectivity index (χ0v) is 11.8. The van der Waals surface area contributed by atoms with E-state index >= 15 is 0 Å². The van der Waals surface area contributed by atoms with Gasteiger partial charge in [-0.05, 0) is 31.9 Å². The van der Waals surface area contributed by atoms with Gasteiger partial charge in [0.25, 0.3) is 5.91 Å². The number of furan rings is 1. The zero-order chi connectivity index (χ0) is 15.4. The quantitative estimate of drug-likeness (QED) is 0.813.